The molecule has 20 heavy (non-hydrogen) atoms. The summed E-state index contributed by atoms with van der Waals surface area (Å²) >= 11 is 1.42. The SMILES string of the molecule is CC(C)(C)C1=CC(=O)C(SCc2ccccc2)=CC1=O. The summed E-state index contributed by atoms with van der Waals surface area (Å²) in [5.74, 6) is 0.591. The predicted molar refractivity (Wildman–Crippen MR) is 83.4 cm³/mol. The van der Waals surface area contributed by atoms with Crippen LogP contribution in [0.4, 0.5) is 0 Å². The lowest BCUT2D eigenvalue weighted by Gasteiger charge is -2.23. The number of thioether (sulfide) groups is 1. The van der Waals surface area contributed by atoms with Crippen LogP contribution in [0.2, 0.25) is 0 Å². The van der Waals surface area contributed by atoms with Crippen molar-refractivity contribution in [2.24, 2.45) is 5.41 Å². The third-order valence-electron chi connectivity index (χ3n) is 3.09. The molecule has 1 aromatic rings. The van der Waals surface area contributed by atoms with Gasteiger partial charge in [0.05, 0.1) is 4.91 Å². The Morgan fingerprint density at radius 1 is 0.950 bits per heavy atom. The third kappa shape index (κ3) is 3.48. The van der Waals surface area contributed by atoms with Gasteiger partial charge >= 0.3 is 0 Å². The van der Waals surface area contributed by atoms with Crippen LogP contribution in [0, 0.1) is 5.41 Å². The molecule has 0 saturated heterocycles. The van der Waals surface area contributed by atoms with Crippen LogP contribution in [0.15, 0.2) is 53.0 Å². The van der Waals surface area contributed by atoms with Gasteiger partial charge < -0.3 is 0 Å². The average Bonchev–Trinajstić information content (AvgIpc) is 2.39. The summed E-state index contributed by atoms with van der Waals surface area (Å²) in [5.41, 5.74) is 1.44. The van der Waals surface area contributed by atoms with E-state index in [1.807, 2.05) is 51.1 Å². The number of benzene rings is 1. The first kappa shape index (κ1) is 14.8. The molecule has 0 heterocycles. The van der Waals surface area contributed by atoms with E-state index >= 15 is 0 Å². The van der Waals surface area contributed by atoms with Gasteiger partial charge in [-0.3, -0.25) is 9.59 Å². The summed E-state index contributed by atoms with van der Waals surface area (Å²) in [7, 11) is 0. The van der Waals surface area contributed by atoms with Gasteiger partial charge in [0, 0.05) is 17.4 Å². The van der Waals surface area contributed by atoms with E-state index in [4.69, 9.17) is 0 Å². The Morgan fingerprint density at radius 3 is 2.20 bits per heavy atom. The van der Waals surface area contributed by atoms with E-state index < -0.39 is 0 Å². The zero-order chi connectivity index (χ0) is 14.8. The molecule has 0 amide bonds. The molecule has 0 aromatic heterocycles. The second-order valence-corrected chi connectivity index (χ2v) is 6.84. The number of hydrogen-bond acceptors (Lipinski definition) is 3. The van der Waals surface area contributed by atoms with Crippen LogP contribution in [0.3, 0.4) is 0 Å². The van der Waals surface area contributed by atoms with E-state index in [2.05, 4.69) is 0 Å². The highest BCUT2D eigenvalue weighted by Gasteiger charge is 2.28. The van der Waals surface area contributed by atoms with Crippen molar-refractivity contribution in [1.82, 2.24) is 0 Å². The number of allylic oxidation sites excluding steroid dienone is 4. The maximum absolute atomic E-state index is 12.1. The van der Waals surface area contributed by atoms with Crippen LogP contribution in [-0.2, 0) is 15.3 Å². The van der Waals surface area contributed by atoms with Gasteiger partial charge in [-0.15, -0.1) is 11.8 Å². The molecule has 1 aliphatic rings. The molecule has 0 saturated carbocycles. The summed E-state index contributed by atoms with van der Waals surface area (Å²) < 4.78 is 0. The van der Waals surface area contributed by atoms with Gasteiger partial charge in [-0.05, 0) is 17.1 Å². The van der Waals surface area contributed by atoms with Crippen molar-refractivity contribution in [3.8, 4) is 0 Å². The lowest BCUT2D eigenvalue weighted by Crippen LogP contribution is -2.22. The molecule has 2 rings (SSSR count). The molecule has 1 aliphatic carbocycles. The lowest BCUT2D eigenvalue weighted by atomic mass is 9.81. The molecule has 1 aromatic carbocycles. The number of ketones is 2. The van der Waals surface area contributed by atoms with Crippen molar-refractivity contribution in [2.75, 3.05) is 0 Å². The smallest absolute Gasteiger partial charge is 0.192 e. The molecule has 104 valence electrons. The van der Waals surface area contributed by atoms with Crippen LogP contribution in [0.5, 0.6) is 0 Å². The van der Waals surface area contributed by atoms with E-state index in [1.54, 1.807) is 0 Å². The normalized spacial score (nSPS) is 15.9. The minimum absolute atomic E-state index is 0.0485. The zero-order valence-corrected chi connectivity index (χ0v) is 12.8. The van der Waals surface area contributed by atoms with Crippen LogP contribution in [0.25, 0.3) is 0 Å². The summed E-state index contributed by atoms with van der Waals surface area (Å²) in [6, 6.07) is 9.92. The van der Waals surface area contributed by atoms with Crippen LogP contribution in [-0.4, -0.2) is 11.6 Å². The second-order valence-electron chi connectivity index (χ2n) is 5.82. The number of carbonyl (C=O) groups excluding carboxylic acids is 2. The van der Waals surface area contributed by atoms with Crippen LogP contribution < -0.4 is 0 Å². The van der Waals surface area contributed by atoms with E-state index in [1.165, 1.54) is 23.9 Å². The van der Waals surface area contributed by atoms with Gasteiger partial charge in [-0.25, -0.2) is 0 Å². The molecule has 0 N–H and O–H groups in total. The Bertz CT molecular complexity index is 589. The fourth-order valence-electron chi connectivity index (χ4n) is 1.98. The van der Waals surface area contributed by atoms with Gasteiger partial charge in [-0.2, -0.15) is 0 Å². The Morgan fingerprint density at radius 2 is 1.60 bits per heavy atom. The van der Waals surface area contributed by atoms with Crippen LogP contribution in [0.1, 0.15) is 26.3 Å². The van der Waals surface area contributed by atoms with E-state index in [0.29, 0.717) is 16.2 Å². The second kappa shape index (κ2) is 5.80. The monoisotopic (exact) mass is 286 g/mol. The highest BCUT2D eigenvalue weighted by Crippen LogP contribution is 2.33. The summed E-state index contributed by atoms with van der Waals surface area (Å²) in [6.07, 6.45) is 2.98. The fraction of sp³-hybridized carbons (Fsp3) is 0.294. The summed E-state index contributed by atoms with van der Waals surface area (Å²) in [4.78, 5) is 24.7. The highest BCUT2D eigenvalue weighted by molar-refractivity contribution is 8.03. The largest absolute Gasteiger partial charge is 0.290 e. The Labute approximate surface area is 124 Å². The molecule has 0 fully saturated rings. The minimum atomic E-state index is -0.293. The molecule has 0 spiro atoms. The number of rotatable bonds is 3. The zero-order valence-electron chi connectivity index (χ0n) is 12.0. The Kier molecular flexibility index (Phi) is 4.29. The van der Waals surface area contributed by atoms with E-state index in [9.17, 15) is 9.59 Å². The van der Waals surface area contributed by atoms with Crippen molar-refractivity contribution in [2.45, 2.75) is 26.5 Å². The van der Waals surface area contributed by atoms with E-state index in [0.717, 1.165) is 5.56 Å². The minimum Gasteiger partial charge on any atom is -0.290 e. The molecule has 0 radical (unpaired) electrons. The standard InChI is InChI=1S/C17H18O2S/c1-17(2,3)13-9-15(19)16(10-14(13)18)20-11-12-7-5-4-6-8-12/h4-10H,11H2,1-3H3. The molecular formula is C17H18O2S. The van der Waals surface area contributed by atoms with Crippen molar-refractivity contribution >= 4 is 23.3 Å². The summed E-state index contributed by atoms with van der Waals surface area (Å²) in [6.45, 7) is 5.83. The van der Waals surface area contributed by atoms with Gasteiger partial charge in [0.1, 0.15) is 0 Å². The van der Waals surface area contributed by atoms with Gasteiger partial charge in [0.15, 0.2) is 11.6 Å². The average molecular weight is 286 g/mol. The Balaban J connectivity index is 2.09. The van der Waals surface area contributed by atoms with Gasteiger partial charge in [-0.1, -0.05) is 51.1 Å². The molecule has 0 bridgehead atoms. The van der Waals surface area contributed by atoms with Crippen molar-refractivity contribution in [3.05, 3.63) is 58.5 Å². The fourth-order valence-corrected chi connectivity index (χ4v) is 2.88. The van der Waals surface area contributed by atoms with Crippen molar-refractivity contribution in [1.29, 1.82) is 0 Å². The molecular weight excluding hydrogens is 268 g/mol. The maximum Gasteiger partial charge on any atom is 0.192 e. The molecule has 3 heteroatoms. The van der Waals surface area contributed by atoms with Gasteiger partial charge in [0.25, 0.3) is 0 Å². The first-order valence-electron chi connectivity index (χ1n) is 6.57. The third-order valence-corrected chi connectivity index (χ3v) is 4.20. The summed E-state index contributed by atoms with van der Waals surface area (Å²) in [5, 5.41) is 0. The number of hydrogen-bond donors (Lipinski definition) is 0. The molecule has 2 nitrogen and oxygen atoms in total. The topological polar surface area (TPSA) is 34.1 Å². The van der Waals surface area contributed by atoms with Crippen molar-refractivity contribution < 1.29 is 9.59 Å². The molecule has 0 unspecified atom stereocenters. The quantitative estimate of drug-likeness (QED) is 0.790. The van der Waals surface area contributed by atoms with Gasteiger partial charge in [0.2, 0.25) is 0 Å². The molecule has 0 atom stereocenters. The lowest BCUT2D eigenvalue weighted by molar-refractivity contribution is -0.115. The van der Waals surface area contributed by atoms with Crippen molar-refractivity contribution in [3.63, 3.8) is 0 Å². The highest BCUT2D eigenvalue weighted by atomic mass is 32.2. The molecule has 0 aliphatic heterocycles. The first-order chi connectivity index (χ1) is 9.38. The first-order valence-corrected chi connectivity index (χ1v) is 7.56. The number of carbonyl (C=O) groups is 2. The van der Waals surface area contributed by atoms with E-state index in [-0.39, 0.29) is 17.0 Å². The van der Waals surface area contributed by atoms with Crippen LogP contribution >= 0.6 is 11.8 Å². The Hall–Kier alpha value is -1.61. The maximum atomic E-state index is 12.1. The predicted octanol–water partition coefficient (Wildman–Crippen LogP) is 3.93.